The van der Waals surface area contributed by atoms with Crippen molar-refractivity contribution in [3.63, 3.8) is 0 Å². The summed E-state index contributed by atoms with van der Waals surface area (Å²) >= 11 is 2.96. The lowest BCUT2D eigenvalue weighted by molar-refractivity contribution is 0.0620. The molecule has 0 spiro atoms. The first-order valence-corrected chi connectivity index (χ1v) is 10.1. The lowest BCUT2D eigenvalue weighted by Crippen LogP contribution is -2.57. The van der Waals surface area contributed by atoms with Crippen molar-refractivity contribution < 1.29 is 4.79 Å². The molecule has 0 radical (unpaired) electrons. The molecule has 3 aliphatic rings. The fourth-order valence-electron chi connectivity index (χ4n) is 3.51. The lowest BCUT2D eigenvalue weighted by atomic mass is 9.84. The molecule has 0 saturated carbocycles. The predicted molar refractivity (Wildman–Crippen MR) is 97.8 cm³/mol. The van der Waals surface area contributed by atoms with Crippen molar-refractivity contribution in [2.45, 2.75) is 28.1 Å². The average molecular weight is 371 g/mol. The number of amides is 1. The summed E-state index contributed by atoms with van der Waals surface area (Å²) in [5, 5.41) is 13.8. The van der Waals surface area contributed by atoms with Crippen LogP contribution in [0.1, 0.15) is 28.9 Å². The number of nitrogens with zero attached hydrogens (tertiary/aromatic N) is 3. The van der Waals surface area contributed by atoms with Crippen molar-refractivity contribution in [2.75, 3.05) is 19.6 Å². The minimum absolute atomic E-state index is 0.0105. The van der Waals surface area contributed by atoms with Crippen molar-refractivity contribution in [1.29, 1.82) is 5.26 Å². The Bertz CT molecular complexity index is 803. The quantitative estimate of drug-likeness (QED) is 0.896. The highest BCUT2D eigenvalue weighted by Crippen LogP contribution is 2.31. The van der Waals surface area contributed by atoms with Gasteiger partial charge in [0, 0.05) is 28.4 Å². The number of hydrogen-bond acceptors (Lipinski definition) is 6. The zero-order valence-corrected chi connectivity index (χ0v) is 15.3. The molecule has 1 atom stereocenters. The molecule has 5 rings (SSSR count). The molecule has 2 bridgehead atoms. The van der Waals surface area contributed by atoms with E-state index in [-0.39, 0.29) is 11.9 Å². The summed E-state index contributed by atoms with van der Waals surface area (Å²) in [6.45, 7) is 3.33. The number of aromatic nitrogens is 1. The van der Waals surface area contributed by atoms with Crippen LogP contribution in [-0.4, -0.2) is 41.5 Å². The van der Waals surface area contributed by atoms with Gasteiger partial charge in [0.05, 0.1) is 0 Å². The predicted octanol–water partition coefficient (Wildman–Crippen LogP) is 2.99. The second kappa shape index (κ2) is 7.16. The van der Waals surface area contributed by atoms with Gasteiger partial charge < -0.3 is 10.2 Å². The topological polar surface area (TPSA) is 69.0 Å². The minimum atomic E-state index is 0.0105. The standard InChI is InChI=1S/C18H18N4OS2/c19-9-14-11-24-18(20-14)25-15-3-1-13(2-4-15)17(23)21-16-10-22-7-5-12(16)6-8-22/h1-4,11-12,16H,5-8,10H2,(H,21,23)/t16-/m0/s1. The van der Waals surface area contributed by atoms with Gasteiger partial charge in [0.2, 0.25) is 0 Å². The highest BCUT2D eigenvalue weighted by atomic mass is 32.2. The first-order chi connectivity index (χ1) is 12.2. The van der Waals surface area contributed by atoms with Crippen LogP contribution in [0.2, 0.25) is 0 Å². The van der Waals surface area contributed by atoms with Crippen LogP contribution in [0.25, 0.3) is 0 Å². The normalized spacial score (nSPS) is 24.7. The molecule has 0 unspecified atom stereocenters. The van der Waals surface area contributed by atoms with Crippen molar-refractivity contribution in [1.82, 2.24) is 15.2 Å². The number of fused-ring (bicyclic) bond motifs is 3. The molecular weight excluding hydrogens is 352 g/mol. The molecule has 1 aromatic heterocycles. The summed E-state index contributed by atoms with van der Waals surface area (Å²) in [4.78, 5) is 20.2. The SMILES string of the molecule is N#Cc1csc(Sc2ccc(C(=O)N[C@H]3CN4CCC3CC4)cc2)n1. The van der Waals surface area contributed by atoms with Crippen LogP contribution in [0.3, 0.4) is 0 Å². The number of thiazole rings is 1. The Kier molecular flexibility index (Phi) is 4.75. The van der Waals surface area contributed by atoms with E-state index in [0.717, 1.165) is 15.8 Å². The summed E-state index contributed by atoms with van der Waals surface area (Å²) < 4.78 is 0.834. The van der Waals surface area contributed by atoms with Gasteiger partial charge in [-0.15, -0.1) is 11.3 Å². The maximum absolute atomic E-state index is 12.5. The third-order valence-electron chi connectivity index (χ3n) is 4.89. The largest absolute Gasteiger partial charge is 0.348 e. The van der Waals surface area contributed by atoms with Crippen LogP contribution in [0, 0.1) is 17.2 Å². The van der Waals surface area contributed by atoms with Crippen LogP contribution in [-0.2, 0) is 0 Å². The van der Waals surface area contributed by atoms with Crippen molar-refractivity contribution in [2.24, 2.45) is 5.92 Å². The zero-order chi connectivity index (χ0) is 17.2. The second-order valence-electron chi connectivity index (χ2n) is 6.45. The van der Waals surface area contributed by atoms with Gasteiger partial charge >= 0.3 is 0 Å². The van der Waals surface area contributed by atoms with Gasteiger partial charge in [-0.1, -0.05) is 11.8 Å². The Hall–Kier alpha value is -1.88. The monoisotopic (exact) mass is 370 g/mol. The Morgan fingerprint density at radius 1 is 1.32 bits per heavy atom. The molecule has 3 saturated heterocycles. The van der Waals surface area contributed by atoms with E-state index in [9.17, 15) is 4.79 Å². The molecular formula is C18H18N4OS2. The molecule has 1 amide bonds. The van der Waals surface area contributed by atoms with Gasteiger partial charge in [0.15, 0.2) is 10.0 Å². The first kappa shape index (κ1) is 16.6. The van der Waals surface area contributed by atoms with Crippen LogP contribution in [0.4, 0.5) is 0 Å². The number of rotatable bonds is 4. The highest BCUT2D eigenvalue weighted by molar-refractivity contribution is 8.01. The van der Waals surface area contributed by atoms with Gasteiger partial charge in [0.25, 0.3) is 5.91 Å². The third kappa shape index (κ3) is 3.71. The highest BCUT2D eigenvalue weighted by Gasteiger charge is 2.34. The van der Waals surface area contributed by atoms with Crippen molar-refractivity contribution >= 4 is 29.0 Å². The van der Waals surface area contributed by atoms with E-state index >= 15 is 0 Å². The van der Waals surface area contributed by atoms with Gasteiger partial charge in [-0.3, -0.25) is 4.79 Å². The number of nitriles is 1. The number of benzene rings is 1. The van der Waals surface area contributed by atoms with E-state index < -0.39 is 0 Å². The van der Waals surface area contributed by atoms with Gasteiger partial charge in [-0.25, -0.2) is 4.98 Å². The van der Waals surface area contributed by atoms with E-state index in [2.05, 4.69) is 15.2 Å². The Morgan fingerprint density at radius 3 is 2.68 bits per heavy atom. The molecule has 4 heterocycles. The Labute approximate surface area is 155 Å². The third-order valence-corrected chi connectivity index (χ3v) is 6.84. The molecule has 128 valence electrons. The van der Waals surface area contributed by atoms with Gasteiger partial charge in [-0.05, 0) is 56.1 Å². The molecule has 2 aromatic rings. The fraction of sp³-hybridized carbons (Fsp3) is 0.389. The Balaban J connectivity index is 1.38. The van der Waals surface area contributed by atoms with Crippen LogP contribution in [0.15, 0.2) is 38.9 Å². The fourth-order valence-corrected chi connectivity index (χ4v) is 5.22. The number of carbonyl (C=O) groups is 1. The van der Waals surface area contributed by atoms with E-state index in [1.807, 2.05) is 30.3 Å². The zero-order valence-electron chi connectivity index (χ0n) is 13.6. The van der Waals surface area contributed by atoms with Crippen LogP contribution >= 0.6 is 23.1 Å². The molecule has 5 nitrogen and oxygen atoms in total. The molecule has 1 N–H and O–H groups in total. The molecule has 7 heteroatoms. The van der Waals surface area contributed by atoms with Crippen LogP contribution < -0.4 is 5.32 Å². The molecule has 3 fully saturated rings. The number of hydrogen-bond donors (Lipinski definition) is 1. The van der Waals surface area contributed by atoms with Crippen LogP contribution in [0.5, 0.6) is 0 Å². The molecule has 25 heavy (non-hydrogen) atoms. The van der Waals surface area contributed by atoms with Gasteiger partial charge in [0.1, 0.15) is 6.07 Å². The molecule has 1 aromatic carbocycles. The van der Waals surface area contributed by atoms with Crippen molar-refractivity contribution in [3.05, 3.63) is 40.9 Å². The Morgan fingerprint density at radius 2 is 2.08 bits per heavy atom. The van der Waals surface area contributed by atoms with E-state index in [0.29, 0.717) is 17.2 Å². The van der Waals surface area contributed by atoms with E-state index in [1.54, 1.807) is 5.38 Å². The summed E-state index contributed by atoms with van der Waals surface area (Å²) in [6.07, 6.45) is 2.39. The summed E-state index contributed by atoms with van der Waals surface area (Å²) in [5.41, 5.74) is 1.14. The maximum Gasteiger partial charge on any atom is 0.251 e. The molecule has 3 aliphatic heterocycles. The number of piperidine rings is 3. The van der Waals surface area contributed by atoms with Gasteiger partial charge in [-0.2, -0.15) is 5.26 Å². The molecule has 0 aliphatic carbocycles. The minimum Gasteiger partial charge on any atom is -0.348 e. The number of nitrogens with one attached hydrogen (secondary N) is 1. The average Bonchev–Trinajstić information content (AvgIpc) is 3.11. The lowest BCUT2D eigenvalue weighted by Gasteiger charge is -2.44. The first-order valence-electron chi connectivity index (χ1n) is 8.38. The summed E-state index contributed by atoms with van der Waals surface area (Å²) in [6, 6.07) is 9.90. The summed E-state index contributed by atoms with van der Waals surface area (Å²) in [7, 11) is 0. The smallest absolute Gasteiger partial charge is 0.251 e. The second-order valence-corrected chi connectivity index (χ2v) is 8.63. The van der Waals surface area contributed by atoms with E-state index in [4.69, 9.17) is 5.26 Å². The summed E-state index contributed by atoms with van der Waals surface area (Å²) in [5.74, 6) is 0.638. The maximum atomic E-state index is 12.5. The number of carbonyl (C=O) groups excluding carboxylic acids is 1. The van der Waals surface area contributed by atoms with E-state index in [1.165, 1.54) is 49.0 Å². The van der Waals surface area contributed by atoms with Crippen molar-refractivity contribution in [3.8, 4) is 6.07 Å².